The fourth-order valence-electron chi connectivity index (χ4n) is 3.28. The fraction of sp³-hybridized carbons (Fsp3) is 1.00. The van der Waals surface area contributed by atoms with Gasteiger partial charge in [-0.05, 0) is 39.7 Å². The lowest BCUT2D eigenvalue weighted by Crippen LogP contribution is -2.65. The lowest BCUT2D eigenvalue weighted by atomic mass is 10.0. The van der Waals surface area contributed by atoms with Crippen LogP contribution in [0.2, 0.25) is 0 Å². The summed E-state index contributed by atoms with van der Waals surface area (Å²) in [5.41, 5.74) is 0. The van der Waals surface area contributed by atoms with Crippen molar-refractivity contribution in [2.24, 2.45) is 0 Å². The summed E-state index contributed by atoms with van der Waals surface area (Å²) in [6, 6.07) is -1.04. The number of halogens is 3. The molecule has 0 radical (unpaired) electrons. The van der Waals surface area contributed by atoms with Gasteiger partial charge in [-0.2, -0.15) is 13.2 Å². The van der Waals surface area contributed by atoms with Gasteiger partial charge in [0.05, 0.1) is 6.17 Å². The molecule has 1 N–H and O–H groups in total. The molecule has 0 aromatic rings. The molecular weight excluding hydrogens is 255 g/mol. The summed E-state index contributed by atoms with van der Waals surface area (Å²) in [6.45, 7) is 6.21. The van der Waals surface area contributed by atoms with Crippen molar-refractivity contribution in [3.8, 4) is 0 Å². The Morgan fingerprint density at radius 2 is 1.89 bits per heavy atom. The van der Waals surface area contributed by atoms with Crippen molar-refractivity contribution in [2.45, 2.75) is 57.5 Å². The van der Waals surface area contributed by atoms with Crippen molar-refractivity contribution in [3.05, 3.63) is 0 Å². The molecule has 0 spiro atoms. The van der Waals surface area contributed by atoms with Gasteiger partial charge < -0.3 is 5.32 Å². The molecule has 0 aromatic heterocycles. The number of hydrogen-bond acceptors (Lipinski definition) is 3. The van der Waals surface area contributed by atoms with E-state index in [4.69, 9.17) is 0 Å². The Kier molecular flexibility index (Phi) is 4.74. The van der Waals surface area contributed by atoms with E-state index in [1.807, 2.05) is 0 Å². The van der Waals surface area contributed by atoms with E-state index in [9.17, 15) is 13.2 Å². The number of piperazine rings is 1. The summed E-state index contributed by atoms with van der Waals surface area (Å²) in [6.07, 6.45) is -1.22. The largest absolute Gasteiger partial charge is 0.405 e. The predicted octanol–water partition coefficient (Wildman–Crippen LogP) is 2.04. The fourth-order valence-corrected chi connectivity index (χ4v) is 3.28. The molecule has 2 saturated heterocycles. The normalized spacial score (nSPS) is 31.9. The molecule has 2 aliphatic heterocycles. The van der Waals surface area contributed by atoms with Crippen molar-refractivity contribution in [3.63, 3.8) is 0 Å². The molecule has 19 heavy (non-hydrogen) atoms. The second-order valence-electron chi connectivity index (χ2n) is 5.81. The molecule has 0 saturated carbocycles. The van der Waals surface area contributed by atoms with E-state index >= 15 is 0 Å². The summed E-state index contributed by atoms with van der Waals surface area (Å²) in [7, 11) is 0. The van der Waals surface area contributed by atoms with E-state index < -0.39 is 12.2 Å². The number of likely N-dealkylation sites (tertiary alicyclic amines) is 1. The van der Waals surface area contributed by atoms with Gasteiger partial charge in [0.2, 0.25) is 0 Å². The lowest BCUT2D eigenvalue weighted by molar-refractivity contribution is -0.206. The number of hydrogen-bond donors (Lipinski definition) is 1. The maximum absolute atomic E-state index is 13.2. The Morgan fingerprint density at radius 3 is 2.53 bits per heavy atom. The van der Waals surface area contributed by atoms with Crippen molar-refractivity contribution >= 4 is 0 Å². The highest BCUT2D eigenvalue weighted by atomic mass is 19.4. The first kappa shape index (κ1) is 15.1. The summed E-state index contributed by atoms with van der Waals surface area (Å²) in [4.78, 5) is 3.91. The first-order valence-corrected chi connectivity index (χ1v) is 7.20. The minimum absolute atomic E-state index is 0.0198. The van der Waals surface area contributed by atoms with Crippen LogP contribution in [0.4, 0.5) is 13.2 Å². The molecule has 0 amide bonds. The van der Waals surface area contributed by atoms with Gasteiger partial charge in [0.1, 0.15) is 6.04 Å². The maximum Gasteiger partial charge on any atom is 0.405 e. The second-order valence-corrected chi connectivity index (χ2v) is 5.81. The molecule has 0 aliphatic carbocycles. The summed E-state index contributed by atoms with van der Waals surface area (Å²) in [5, 5.41) is 2.87. The van der Waals surface area contributed by atoms with Gasteiger partial charge in [0.25, 0.3) is 0 Å². The highest BCUT2D eigenvalue weighted by Crippen LogP contribution is 2.31. The van der Waals surface area contributed by atoms with Gasteiger partial charge in [0.15, 0.2) is 0 Å². The number of rotatable bonds is 2. The minimum atomic E-state index is -4.15. The van der Waals surface area contributed by atoms with Crippen LogP contribution in [0, 0.1) is 0 Å². The van der Waals surface area contributed by atoms with E-state index in [-0.39, 0.29) is 12.7 Å². The molecule has 2 atom stereocenters. The summed E-state index contributed by atoms with van der Waals surface area (Å²) < 4.78 is 39.5. The standard InChI is InChI=1S/C13H24F3N3/c1-10(2)18-7-4-3-5-12(18)19-8-6-17-9-11(19)13(14,15)16/h10-12,17H,3-9H2,1-2H3. The van der Waals surface area contributed by atoms with Crippen LogP contribution >= 0.6 is 0 Å². The molecule has 2 fully saturated rings. The first-order chi connectivity index (χ1) is 8.91. The van der Waals surface area contributed by atoms with Crippen molar-refractivity contribution < 1.29 is 13.2 Å². The van der Waals surface area contributed by atoms with Gasteiger partial charge >= 0.3 is 6.18 Å². The smallest absolute Gasteiger partial charge is 0.314 e. The monoisotopic (exact) mass is 279 g/mol. The number of nitrogens with zero attached hydrogens (tertiary/aromatic N) is 2. The molecule has 0 aromatic carbocycles. The third-order valence-electron chi connectivity index (χ3n) is 4.22. The highest BCUT2D eigenvalue weighted by Gasteiger charge is 2.48. The average Bonchev–Trinajstić information content (AvgIpc) is 2.37. The Labute approximate surface area is 113 Å². The Hall–Kier alpha value is -0.330. The SMILES string of the molecule is CC(C)N1CCCCC1N1CCNCC1C(F)(F)F. The number of alkyl halides is 3. The quantitative estimate of drug-likeness (QED) is 0.834. The zero-order valence-corrected chi connectivity index (χ0v) is 11.7. The van der Waals surface area contributed by atoms with Crippen LogP contribution in [0.25, 0.3) is 0 Å². The van der Waals surface area contributed by atoms with Gasteiger partial charge in [-0.15, -0.1) is 0 Å². The van der Waals surface area contributed by atoms with Gasteiger partial charge in [-0.1, -0.05) is 0 Å². The van der Waals surface area contributed by atoms with Crippen molar-refractivity contribution in [2.75, 3.05) is 26.2 Å². The van der Waals surface area contributed by atoms with E-state index in [1.165, 1.54) is 0 Å². The molecule has 3 nitrogen and oxygen atoms in total. The third kappa shape index (κ3) is 3.41. The van der Waals surface area contributed by atoms with Crippen LogP contribution in [-0.2, 0) is 0 Å². The Morgan fingerprint density at radius 1 is 1.16 bits per heavy atom. The molecule has 2 aliphatic rings. The van der Waals surface area contributed by atoms with Crippen LogP contribution in [0.5, 0.6) is 0 Å². The summed E-state index contributed by atoms with van der Waals surface area (Å²) >= 11 is 0. The van der Waals surface area contributed by atoms with E-state index in [0.29, 0.717) is 19.1 Å². The molecule has 112 valence electrons. The first-order valence-electron chi connectivity index (χ1n) is 7.20. The van der Waals surface area contributed by atoms with Crippen molar-refractivity contribution in [1.29, 1.82) is 0 Å². The van der Waals surface area contributed by atoms with E-state index in [0.717, 1.165) is 25.8 Å². The second kappa shape index (κ2) is 5.97. The van der Waals surface area contributed by atoms with Gasteiger partial charge in [0, 0.05) is 25.7 Å². The maximum atomic E-state index is 13.2. The van der Waals surface area contributed by atoms with Crippen molar-refractivity contribution in [1.82, 2.24) is 15.1 Å². The third-order valence-corrected chi connectivity index (χ3v) is 4.22. The molecular formula is C13H24F3N3. The Balaban J connectivity index is 2.15. The van der Waals surface area contributed by atoms with Crippen LogP contribution in [-0.4, -0.2) is 60.4 Å². The van der Waals surface area contributed by atoms with Gasteiger partial charge in [-0.3, -0.25) is 9.80 Å². The number of nitrogens with one attached hydrogen (secondary N) is 1. The molecule has 2 rings (SSSR count). The van der Waals surface area contributed by atoms with Crippen LogP contribution in [0.1, 0.15) is 33.1 Å². The zero-order chi connectivity index (χ0) is 14.0. The van der Waals surface area contributed by atoms with E-state index in [1.54, 1.807) is 4.90 Å². The molecule has 6 heteroatoms. The predicted molar refractivity (Wildman–Crippen MR) is 68.9 cm³/mol. The van der Waals surface area contributed by atoms with Gasteiger partial charge in [-0.25, -0.2) is 0 Å². The molecule has 0 bridgehead atoms. The van der Waals surface area contributed by atoms with Crippen LogP contribution in [0.3, 0.4) is 0 Å². The topological polar surface area (TPSA) is 18.5 Å². The minimum Gasteiger partial charge on any atom is -0.314 e. The van der Waals surface area contributed by atoms with E-state index in [2.05, 4.69) is 24.1 Å². The average molecular weight is 279 g/mol. The number of piperidine rings is 1. The van der Waals surface area contributed by atoms with Crippen LogP contribution in [0.15, 0.2) is 0 Å². The Bertz CT molecular complexity index is 293. The molecule has 2 unspecified atom stereocenters. The van der Waals surface area contributed by atoms with Crippen LogP contribution < -0.4 is 5.32 Å². The highest BCUT2D eigenvalue weighted by molar-refractivity contribution is 4.91. The zero-order valence-electron chi connectivity index (χ0n) is 11.7. The lowest BCUT2D eigenvalue weighted by Gasteiger charge is -2.49. The summed E-state index contributed by atoms with van der Waals surface area (Å²) in [5.74, 6) is 0. The molecule has 2 heterocycles.